The summed E-state index contributed by atoms with van der Waals surface area (Å²) < 4.78 is 20.5. The second kappa shape index (κ2) is 30.5. The van der Waals surface area contributed by atoms with Gasteiger partial charge in [0.1, 0.15) is 22.7 Å². The maximum atomic E-state index is 11.6. The number of halogens is 3. The van der Waals surface area contributed by atoms with Gasteiger partial charge in [0.2, 0.25) is 0 Å². The third-order valence-corrected chi connectivity index (χ3v) is 9.58. The normalized spacial score (nSPS) is 12.6. The van der Waals surface area contributed by atoms with Crippen molar-refractivity contribution in [1.82, 2.24) is 15.0 Å². The molecule has 3 aromatic rings. The molecule has 13 nitrogen and oxygen atoms in total. The molecule has 2 N–H and O–H groups in total. The summed E-state index contributed by atoms with van der Waals surface area (Å²) in [6, 6.07) is 10.2. The van der Waals surface area contributed by atoms with E-state index in [0.29, 0.717) is 59.3 Å². The molecule has 0 saturated heterocycles. The Morgan fingerprint density at radius 2 is 1.00 bits per heavy atom. The molecule has 0 aromatic carbocycles. The second-order valence-corrected chi connectivity index (χ2v) is 14.8. The lowest BCUT2D eigenvalue weighted by atomic mass is 9.93. The monoisotopic (exact) mass is 871 g/mol. The summed E-state index contributed by atoms with van der Waals surface area (Å²) in [7, 11) is 6.51. The van der Waals surface area contributed by atoms with Gasteiger partial charge in [-0.05, 0) is 115 Å². The Hall–Kier alpha value is -3.56. The SMILES string of the molecule is COC(C)(CCCCC(=O)O)c1cc(Cl)ccn1.COC(C)(CCCCC(C)=O)c1cc(Cl)ccn1.COC(C)OC.O=C(O)CCCCC(=O)c1cc(Cl)ccn1. The number of carboxylic acids is 2. The first kappa shape index (κ1) is 54.4. The van der Waals surface area contributed by atoms with Gasteiger partial charge in [0.05, 0.1) is 11.4 Å². The van der Waals surface area contributed by atoms with E-state index >= 15 is 0 Å². The first-order chi connectivity index (χ1) is 27.4. The number of rotatable bonds is 22. The number of pyridine rings is 3. The second-order valence-electron chi connectivity index (χ2n) is 13.5. The molecule has 324 valence electrons. The van der Waals surface area contributed by atoms with Crippen molar-refractivity contribution in [2.45, 2.75) is 122 Å². The van der Waals surface area contributed by atoms with Crippen molar-refractivity contribution in [2.24, 2.45) is 0 Å². The highest BCUT2D eigenvalue weighted by Gasteiger charge is 2.28. The van der Waals surface area contributed by atoms with E-state index in [-0.39, 0.29) is 30.7 Å². The van der Waals surface area contributed by atoms with Gasteiger partial charge in [-0.3, -0.25) is 29.3 Å². The smallest absolute Gasteiger partial charge is 0.303 e. The van der Waals surface area contributed by atoms with E-state index in [1.807, 2.05) is 26.8 Å². The topological polar surface area (TPSA) is 184 Å². The number of aromatic nitrogens is 3. The number of ketones is 2. The molecule has 0 bridgehead atoms. The van der Waals surface area contributed by atoms with Crippen LogP contribution >= 0.6 is 34.8 Å². The molecule has 0 aliphatic heterocycles. The Labute approximate surface area is 358 Å². The van der Waals surface area contributed by atoms with Crippen molar-refractivity contribution in [3.05, 3.63) is 87.1 Å². The average Bonchev–Trinajstić information content (AvgIpc) is 3.19. The molecule has 3 heterocycles. The molecule has 0 aliphatic carbocycles. The predicted octanol–water partition coefficient (Wildman–Crippen LogP) is 10.2. The minimum atomic E-state index is -0.840. The Bertz CT molecular complexity index is 1590. The van der Waals surface area contributed by atoms with Crippen LogP contribution in [0.15, 0.2) is 55.0 Å². The third-order valence-electron chi connectivity index (χ3n) is 8.87. The first-order valence-corrected chi connectivity index (χ1v) is 20.0. The molecule has 0 radical (unpaired) electrons. The number of carboxylic acid groups (broad SMARTS) is 2. The number of aliphatic carboxylic acids is 2. The highest BCUT2D eigenvalue weighted by molar-refractivity contribution is 6.31. The number of unbranched alkanes of at least 4 members (excludes halogenated alkanes) is 3. The molecule has 0 amide bonds. The van der Waals surface area contributed by atoms with Gasteiger partial charge in [-0.25, -0.2) is 0 Å². The van der Waals surface area contributed by atoms with Crippen LogP contribution in [0.3, 0.4) is 0 Å². The van der Waals surface area contributed by atoms with Crippen molar-refractivity contribution in [3.63, 3.8) is 0 Å². The van der Waals surface area contributed by atoms with E-state index in [2.05, 4.69) is 24.4 Å². The summed E-state index contributed by atoms with van der Waals surface area (Å²) in [5, 5.41) is 18.8. The van der Waals surface area contributed by atoms with Crippen molar-refractivity contribution >= 4 is 58.3 Å². The lowest BCUT2D eigenvalue weighted by molar-refractivity contribution is -0.138. The molecule has 0 saturated carbocycles. The van der Waals surface area contributed by atoms with E-state index in [9.17, 15) is 19.2 Å². The summed E-state index contributed by atoms with van der Waals surface area (Å²) in [5.41, 5.74) is 0.974. The molecular weight excluding hydrogens is 813 g/mol. The fraction of sp³-hybridized carbons (Fsp3) is 0.548. The number of ether oxygens (including phenoxy) is 4. The molecule has 58 heavy (non-hydrogen) atoms. The zero-order valence-electron chi connectivity index (χ0n) is 34.9. The van der Waals surface area contributed by atoms with Gasteiger partial charge in [0.15, 0.2) is 12.1 Å². The fourth-order valence-electron chi connectivity index (χ4n) is 4.98. The van der Waals surface area contributed by atoms with Gasteiger partial charge < -0.3 is 34.0 Å². The van der Waals surface area contributed by atoms with Crippen LogP contribution in [0.5, 0.6) is 0 Å². The third kappa shape index (κ3) is 24.4. The number of carbonyl (C=O) groups excluding carboxylic acids is 2. The number of Topliss-reactive ketones (excluding diaryl/α,β-unsaturated/α-hetero) is 2. The van der Waals surface area contributed by atoms with E-state index in [4.69, 9.17) is 54.5 Å². The van der Waals surface area contributed by atoms with Gasteiger partial charge in [0.25, 0.3) is 0 Å². The quantitative estimate of drug-likeness (QED) is 0.0553. The van der Waals surface area contributed by atoms with Crippen LogP contribution < -0.4 is 0 Å². The molecule has 16 heteroatoms. The Morgan fingerprint density at radius 1 is 0.621 bits per heavy atom. The lowest BCUT2D eigenvalue weighted by Gasteiger charge is -2.27. The highest BCUT2D eigenvalue weighted by atomic mass is 35.5. The minimum absolute atomic E-state index is 0.0648. The minimum Gasteiger partial charge on any atom is -0.481 e. The molecule has 0 aliphatic rings. The van der Waals surface area contributed by atoms with E-state index < -0.39 is 23.1 Å². The van der Waals surface area contributed by atoms with Crippen LogP contribution in [0.4, 0.5) is 0 Å². The zero-order valence-corrected chi connectivity index (χ0v) is 37.2. The summed E-state index contributed by atoms with van der Waals surface area (Å²) in [6.45, 7) is 7.39. The van der Waals surface area contributed by atoms with Crippen molar-refractivity contribution < 1.29 is 48.3 Å². The number of carbonyl (C=O) groups is 4. The summed E-state index contributed by atoms with van der Waals surface area (Å²) >= 11 is 17.6. The lowest BCUT2D eigenvalue weighted by Crippen LogP contribution is -2.25. The van der Waals surface area contributed by atoms with Crippen molar-refractivity contribution in [1.29, 1.82) is 0 Å². The summed E-state index contributed by atoms with van der Waals surface area (Å²) in [6.07, 6.45) is 11.8. The molecule has 3 aromatic heterocycles. The Balaban J connectivity index is 0.000000785. The number of hydrogen-bond donors (Lipinski definition) is 2. The van der Waals surface area contributed by atoms with Crippen LogP contribution in [-0.4, -0.2) is 83.4 Å². The summed E-state index contributed by atoms with van der Waals surface area (Å²) in [5.74, 6) is -1.48. The van der Waals surface area contributed by atoms with Gasteiger partial charge in [-0.15, -0.1) is 0 Å². The first-order valence-electron chi connectivity index (χ1n) is 18.8. The van der Waals surface area contributed by atoms with Crippen molar-refractivity contribution in [3.8, 4) is 0 Å². The maximum Gasteiger partial charge on any atom is 0.303 e. The van der Waals surface area contributed by atoms with Gasteiger partial charge in [-0.2, -0.15) is 0 Å². The predicted molar refractivity (Wildman–Crippen MR) is 226 cm³/mol. The Morgan fingerprint density at radius 3 is 1.34 bits per heavy atom. The Kier molecular flexibility index (Phi) is 28.6. The van der Waals surface area contributed by atoms with Crippen LogP contribution in [0.25, 0.3) is 0 Å². The largest absolute Gasteiger partial charge is 0.481 e. The maximum absolute atomic E-state index is 11.6. The molecule has 0 spiro atoms. The molecule has 0 fully saturated rings. The van der Waals surface area contributed by atoms with Crippen LogP contribution in [0.2, 0.25) is 15.1 Å². The molecule has 3 rings (SSSR count). The number of hydrogen-bond acceptors (Lipinski definition) is 11. The molecular formula is C42H60Cl3N3O10. The standard InChI is InChI=1S/C14H20ClNO2.C13H18ClNO3.C11H12ClNO3.C4H10O2/c1-11(17)6-4-5-8-14(2,18-3)13-10-12(15)7-9-16-13;1-13(18-2,7-4-3-5-12(16)17)11-9-10(14)6-8-15-11;12-8-5-6-13-9(7-8)10(14)3-1-2-4-11(15)16;1-4(5-2)6-3/h7,9-10H,4-6,8H2,1-3H3;6,8-9H,3-5,7H2,1-2H3,(H,16,17);5-7H,1-4H2,(H,15,16);4H,1-3H3. The highest BCUT2D eigenvalue weighted by Crippen LogP contribution is 2.31. The average molecular weight is 873 g/mol. The number of nitrogens with zero attached hydrogens (tertiary/aromatic N) is 3. The van der Waals surface area contributed by atoms with E-state index in [0.717, 1.165) is 37.1 Å². The summed E-state index contributed by atoms with van der Waals surface area (Å²) in [4.78, 5) is 55.6. The van der Waals surface area contributed by atoms with Gasteiger partial charge >= 0.3 is 11.9 Å². The van der Waals surface area contributed by atoms with Gasteiger partial charge in [-0.1, -0.05) is 34.8 Å². The van der Waals surface area contributed by atoms with Gasteiger partial charge in [0, 0.05) is 87.8 Å². The van der Waals surface area contributed by atoms with Crippen molar-refractivity contribution in [2.75, 3.05) is 28.4 Å². The number of methoxy groups -OCH3 is 4. The van der Waals surface area contributed by atoms with Crippen LogP contribution in [0, 0.1) is 0 Å². The molecule has 2 unspecified atom stereocenters. The molecule has 2 atom stereocenters. The van der Waals surface area contributed by atoms with E-state index in [1.54, 1.807) is 72.0 Å². The zero-order chi connectivity index (χ0) is 44.1. The van der Waals surface area contributed by atoms with Crippen LogP contribution in [0.1, 0.15) is 127 Å². The van der Waals surface area contributed by atoms with E-state index in [1.165, 1.54) is 12.3 Å². The van der Waals surface area contributed by atoms with Crippen LogP contribution in [-0.2, 0) is 44.5 Å². The fourth-order valence-corrected chi connectivity index (χ4v) is 5.45.